The Kier molecular flexibility index (Phi) is 4.01. The van der Waals surface area contributed by atoms with Gasteiger partial charge in [0.05, 0.1) is 16.3 Å². The van der Waals surface area contributed by atoms with Crippen molar-refractivity contribution in [2.45, 2.75) is 0 Å². The van der Waals surface area contributed by atoms with Gasteiger partial charge in [0.2, 0.25) is 10.0 Å². The Morgan fingerprint density at radius 1 is 1.22 bits per heavy atom. The van der Waals surface area contributed by atoms with Crippen molar-refractivity contribution in [2.75, 3.05) is 37.3 Å². The number of rotatable bonds is 2. The summed E-state index contributed by atoms with van der Waals surface area (Å²) >= 11 is 11.9. The molecule has 0 aromatic carbocycles. The number of hydrogen-bond acceptors (Lipinski definition) is 4. The van der Waals surface area contributed by atoms with Gasteiger partial charge in [0.1, 0.15) is 5.82 Å². The molecule has 0 amide bonds. The van der Waals surface area contributed by atoms with Crippen LogP contribution in [0.2, 0.25) is 10.0 Å². The van der Waals surface area contributed by atoms with Crippen LogP contribution < -0.4 is 4.90 Å². The molecular weight excluding hydrogens is 297 g/mol. The standard InChI is InChI=1S/C10H13Cl2N3O2S/c1-18(16,17)15-4-2-14(3-5-15)10-9(12)6-8(11)7-13-10/h6-7H,2-5H2,1H3. The maximum atomic E-state index is 11.4. The summed E-state index contributed by atoms with van der Waals surface area (Å²) in [4.78, 5) is 6.14. The minimum atomic E-state index is -3.12. The van der Waals surface area contributed by atoms with Crippen molar-refractivity contribution in [1.29, 1.82) is 0 Å². The highest BCUT2D eigenvalue weighted by atomic mass is 35.5. The van der Waals surface area contributed by atoms with Gasteiger partial charge in [-0.05, 0) is 6.07 Å². The Morgan fingerprint density at radius 3 is 2.33 bits per heavy atom. The van der Waals surface area contributed by atoms with Gasteiger partial charge in [-0.3, -0.25) is 0 Å². The quantitative estimate of drug-likeness (QED) is 0.830. The fourth-order valence-electron chi connectivity index (χ4n) is 1.87. The van der Waals surface area contributed by atoms with Crippen LogP contribution in [0, 0.1) is 0 Å². The normalized spacial score (nSPS) is 18.1. The smallest absolute Gasteiger partial charge is 0.211 e. The minimum absolute atomic E-state index is 0.444. The van der Waals surface area contributed by atoms with E-state index < -0.39 is 10.0 Å². The molecule has 0 atom stereocenters. The highest BCUT2D eigenvalue weighted by Crippen LogP contribution is 2.26. The molecule has 1 aromatic rings. The molecular formula is C10H13Cl2N3O2S. The van der Waals surface area contributed by atoms with Crippen LogP contribution in [0.25, 0.3) is 0 Å². The van der Waals surface area contributed by atoms with Crippen LogP contribution in [0.3, 0.4) is 0 Å². The SMILES string of the molecule is CS(=O)(=O)N1CCN(c2ncc(Cl)cc2Cl)CC1. The number of halogens is 2. The van der Waals surface area contributed by atoms with Gasteiger partial charge in [-0.15, -0.1) is 0 Å². The van der Waals surface area contributed by atoms with Gasteiger partial charge in [-0.1, -0.05) is 23.2 Å². The second-order valence-electron chi connectivity index (χ2n) is 4.11. The Hall–Kier alpha value is -0.560. The van der Waals surface area contributed by atoms with Gasteiger partial charge < -0.3 is 4.90 Å². The van der Waals surface area contributed by atoms with Crippen LogP contribution in [-0.2, 0) is 10.0 Å². The fraction of sp³-hybridized carbons (Fsp3) is 0.500. The van der Waals surface area contributed by atoms with E-state index in [1.54, 1.807) is 6.07 Å². The van der Waals surface area contributed by atoms with E-state index in [4.69, 9.17) is 23.2 Å². The molecule has 0 unspecified atom stereocenters. The number of piperazine rings is 1. The van der Waals surface area contributed by atoms with Gasteiger partial charge in [-0.2, -0.15) is 4.31 Å². The maximum absolute atomic E-state index is 11.4. The molecule has 0 spiro atoms. The molecule has 1 saturated heterocycles. The first kappa shape index (κ1) is 13.9. The lowest BCUT2D eigenvalue weighted by Crippen LogP contribution is -2.48. The van der Waals surface area contributed by atoms with Crippen molar-refractivity contribution in [2.24, 2.45) is 0 Å². The molecule has 2 rings (SSSR count). The minimum Gasteiger partial charge on any atom is -0.353 e. The van der Waals surface area contributed by atoms with E-state index in [0.29, 0.717) is 42.0 Å². The van der Waals surface area contributed by atoms with Crippen LogP contribution >= 0.6 is 23.2 Å². The highest BCUT2D eigenvalue weighted by Gasteiger charge is 2.24. The molecule has 18 heavy (non-hydrogen) atoms. The summed E-state index contributed by atoms with van der Waals surface area (Å²) < 4.78 is 24.2. The lowest BCUT2D eigenvalue weighted by molar-refractivity contribution is 0.387. The van der Waals surface area contributed by atoms with Crippen molar-refractivity contribution in [1.82, 2.24) is 9.29 Å². The fourth-order valence-corrected chi connectivity index (χ4v) is 3.20. The highest BCUT2D eigenvalue weighted by molar-refractivity contribution is 7.88. The topological polar surface area (TPSA) is 53.5 Å². The zero-order valence-electron chi connectivity index (χ0n) is 9.81. The van der Waals surface area contributed by atoms with Crippen LogP contribution in [0.4, 0.5) is 5.82 Å². The summed E-state index contributed by atoms with van der Waals surface area (Å²) in [6.45, 7) is 2.03. The number of pyridine rings is 1. The molecule has 100 valence electrons. The van der Waals surface area contributed by atoms with Gasteiger partial charge >= 0.3 is 0 Å². The molecule has 1 aliphatic rings. The molecule has 0 N–H and O–H groups in total. The molecule has 8 heteroatoms. The molecule has 0 aliphatic carbocycles. The second kappa shape index (κ2) is 5.21. The number of aromatic nitrogens is 1. The molecule has 1 fully saturated rings. The number of sulfonamides is 1. The lowest BCUT2D eigenvalue weighted by atomic mass is 10.3. The summed E-state index contributed by atoms with van der Waals surface area (Å²) in [6, 6.07) is 1.63. The first-order chi connectivity index (χ1) is 8.38. The third-order valence-corrected chi connectivity index (χ3v) is 4.58. The van der Waals surface area contributed by atoms with Crippen molar-refractivity contribution >= 4 is 39.0 Å². The maximum Gasteiger partial charge on any atom is 0.211 e. The molecule has 5 nitrogen and oxygen atoms in total. The van der Waals surface area contributed by atoms with Crippen LogP contribution in [0.5, 0.6) is 0 Å². The Bertz CT molecular complexity index is 542. The van der Waals surface area contributed by atoms with Gasteiger partial charge in [0.15, 0.2) is 0 Å². The van der Waals surface area contributed by atoms with Crippen molar-refractivity contribution in [3.05, 3.63) is 22.3 Å². The van der Waals surface area contributed by atoms with Gasteiger partial charge in [0.25, 0.3) is 0 Å². The number of hydrogen-bond donors (Lipinski definition) is 0. The largest absolute Gasteiger partial charge is 0.353 e. The first-order valence-corrected chi connectivity index (χ1v) is 7.99. The zero-order valence-corrected chi connectivity index (χ0v) is 12.1. The Morgan fingerprint density at radius 2 is 1.83 bits per heavy atom. The van der Waals surface area contributed by atoms with E-state index in [1.807, 2.05) is 4.90 Å². The number of anilines is 1. The van der Waals surface area contributed by atoms with Crippen LogP contribution in [0.1, 0.15) is 0 Å². The van der Waals surface area contributed by atoms with E-state index in [1.165, 1.54) is 16.8 Å². The monoisotopic (exact) mass is 309 g/mol. The molecule has 2 heterocycles. The second-order valence-corrected chi connectivity index (χ2v) is 6.93. The third kappa shape index (κ3) is 3.06. The van der Waals surface area contributed by atoms with E-state index >= 15 is 0 Å². The van der Waals surface area contributed by atoms with Crippen molar-refractivity contribution < 1.29 is 8.42 Å². The summed E-state index contributed by atoms with van der Waals surface area (Å²) in [5.74, 6) is 0.647. The van der Waals surface area contributed by atoms with Crippen LogP contribution in [0.15, 0.2) is 12.3 Å². The van der Waals surface area contributed by atoms with E-state index in [-0.39, 0.29) is 0 Å². The van der Waals surface area contributed by atoms with E-state index in [2.05, 4.69) is 4.98 Å². The van der Waals surface area contributed by atoms with Crippen molar-refractivity contribution in [3.63, 3.8) is 0 Å². The lowest BCUT2D eigenvalue weighted by Gasteiger charge is -2.34. The average molecular weight is 310 g/mol. The van der Waals surface area contributed by atoms with E-state index in [0.717, 1.165) is 0 Å². The molecule has 0 bridgehead atoms. The molecule has 0 radical (unpaired) electrons. The molecule has 0 saturated carbocycles. The zero-order chi connectivity index (χ0) is 13.3. The summed E-state index contributed by atoms with van der Waals surface area (Å²) in [5, 5.41) is 0.967. The predicted octanol–water partition coefficient (Wildman–Crippen LogP) is 1.47. The summed E-state index contributed by atoms with van der Waals surface area (Å²) in [6.07, 6.45) is 2.75. The predicted molar refractivity (Wildman–Crippen MR) is 72.9 cm³/mol. The van der Waals surface area contributed by atoms with Gasteiger partial charge in [0, 0.05) is 32.4 Å². The Balaban J connectivity index is 2.10. The summed E-state index contributed by atoms with van der Waals surface area (Å²) in [7, 11) is -3.12. The van der Waals surface area contributed by atoms with E-state index in [9.17, 15) is 8.42 Å². The molecule has 1 aliphatic heterocycles. The average Bonchev–Trinajstić information content (AvgIpc) is 2.28. The molecule has 1 aromatic heterocycles. The Labute approximate surface area is 116 Å². The van der Waals surface area contributed by atoms with Crippen LogP contribution in [-0.4, -0.2) is 50.1 Å². The number of nitrogens with zero attached hydrogens (tertiary/aromatic N) is 3. The van der Waals surface area contributed by atoms with Crippen molar-refractivity contribution in [3.8, 4) is 0 Å². The first-order valence-electron chi connectivity index (χ1n) is 5.39. The van der Waals surface area contributed by atoms with Gasteiger partial charge in [-0.25, -0.2) is 13.4 Å². The summed E-state index contributed by atoms with van der Waals surface area (Å²) in [5.41, 5.74) is 0. The third-order valence-electron chi connectivity index (χ3n) is 2.80.